The summed E-state index contributed by atoms with van der Waals surface area (Å²) >= 11 is 0. The number of methoxy groups -OCH3 is 1. The molecule has 1 atom stereocenters. The molecule has 0 saturated heterocycles. The molecular weight excluding hydrogens is 418 g/mol. The van der Waals surface area contributed by atoms with Crippen molar-refractivity contribution in [3.05, 3.63) is 77.2 Å². The number of nitrogens with one attached hydrogen (secondary N) is 1. The molecule has 2 aromatic heterocycles. The van der Waals surface area contributed by atoms with Crippen LogP contribution in [-0.4, -0.2) is 38.6 Å². The van der Waals surface area contributed by atoms with Gasteiger partial charge in [0.05, 0.1) is 37.6 Å². The fourth-order valence-electron chi connectivity index (χ4n) is 3.69. The van der Waals surface area contributed by atoms with Gasteiger partial charge in [0, 0.05) is 29.5 Å². The normalized spacial score (nSPS) is 11.9. The minimum absolute atomic E-state index is 0.0826. The second-order valence-corrected chi connectivity index (χ2v) is 7.82. The SMILES string of the molecule is CC[C@H](Cn1nc(-c2ccc(OC)cc2)ccc1=O)NC(=O)CCn1ncc2ccccc21. The molecule has 0 unspecified atom stereocenters. The maximum absolute atomic E-state index is 12.6. The van der Waals surface area contributed by atoms with Crippen LogP contribution in [0.5, 0.6) is 5.75 Å². The van der Waals surface area contributed by atoms with Gasteiger partial charge in [-0.05, 0) is 42.8 Å². The van der Waals surface area contributed by atoms with E-state index in [1.54, 1.807) is 19.4 Å². The molecule has 0 bridgehead atoms. The number of fused-ring (bicyclic) bond motifs is 1. The zero-order chi connectivity index (χ0) is 23.2. The summed E-state index contributed by atoms with van der Waals surface area (Å²) in [6, 6.07) is 18.4. The molecule has 33 heavy (non-hydrogen) atoms. The van der Waals surface area contributed by atoms with Crippen LogP contribution >= 0.6 is 0 Å². The summed E-state index contributed by atoms with van der Waals surface area (Å²) in [6.45, 7) is 2.76. The zero-order valence-electron chi connectivity index (χ0n) is 18.8. The summed E-state index contributed by atoms with van der Waals surface area (Å²) in [5, 5.41) is 13.0. The maximum Gasteiger partial charge on any atom is 0.266 e. The zero-order valence-corrected chi connectivity index (χ0v) is 18.8. The second kappa shape index (κ2) is 10.1. The number of ether oxygens (including phenoxy) is 1. The Morgan fingerprint density at radius 1 is 1.06 bits per heavy atom. The lowest BCUT2D eigenvalue weighted by Crippen LogP contribution is -2.40. The van der Waals surface area contributed by atoms with Crippen LogP contribution in [0.2, 0.25) is 0 Å². The Morgan fingerprint density at radius 3 is 2.61 bits per heavy atom. The fourth-order valence-corrected chi connectivity index (χ4v) is 3.69. The maximum atomic E-state index is 12.6. The summed E-state index contributed by atoms with van der Waals surface area (Å²) in [5.74, 6) is 0.671. The quantitative estimate of drug-likeness (QED) is 0.427. The molecule has 170 valence electrons. The molecule has 0 aliphatic carbocycles. The number of benzene rings is 2. The fraction of sp³-hybridized carbons (Fsp3) is 0.280. The molecule has 2 aromatic carbocycles. The first-order valence-electron chi connectivity index (χ1n) is 11.0. The number of hydrogen-bond donors (Lipinski definition) is 1. The number of hydrogen-bond acceptors (Lipinski definition) is 5. The van der Waals surface area contributed by atoms with E-state index < -0.39 is 0 Å². The van der Waals surface area contributed by atoms with Crippen molar-refractivity contribution in [2.75, 3.05) is 7.11 Å². The van der Waals surface area contributed by atoms with Crippen molar-refractivity contribution in [2.45, 2.75) is 38.9 Å². The van der Waals surface area contributed by atoms with Crippen LogP contribution in [0.4, 0.5) is 0 Å². The molecular formula is C25H27N5O3. The number of para-hydroxylation sites is 1. The Hall–Kier alpha value is -3.94. The topological polar surface area (TPSA) is 91.0 Å². The Balaban J connectivity index is 1.40. The van der Waals surface area contributed by atoms with Gasteiger partial charge in [-0.25, -0.2) is 4.68 Å². The van der Waals surface area contributed by atoms with E-state index in [1.165, 1.54) is 10.7 Å². The number of amides is 1. The van der Waals surface area contributed by atoms with Crippen LogP contribution in [-0.2, 0) is 17.9 Å². The van der Waals surface area contributed by atoms with Crippen LogP contribution in [0, 0.1) is 0 Å². The number of aromatic nitrogens is 4. The van der Waals surface area contributed by atoms with E-state index in [2.05, 4.69) is 15.5 Å². The van der Waals surface area contributed by atoms with Gasteiger partial charge >= 0.3 is 0 Å². The molecule has 0 spiro atoms. The Bertz CT molecular complexity index is 1290. The first-order valence-corrected chi connectivity index (χ1v) is 11.0. The number of carbonyl (C=O) groups is 1. The van der Waals surface area contributed by atoms with Crippen molar-refractivity contribution in [3.8, 4) is 17.0 Å². The molecule has 8 heteroatoms. The number of aryl methyl sites for hydroxylation is 1. The van der Waals surface area contributed by atoms with Crippen molar-refractivity contribution < 1.29 is 9.53 Å². The lowest BCUT2D eigenvalue weighted by molar-refractivity contribution is -0.122. The second-order valence-electron chi connectivity index (χ2n) is 7.82. The van der Waals surface area contributed by atoms with Crippen LogP contribution < -0.4 is 15.6 Å². The molecule has 1 amide bonds. The van der Waals surface area contributed by atoms with E-state index in [0.29, 0.717) is 31.6 Å². The number of carbonyl (C=O) groups excluding carboxylic acids is 1. The van der Waals surface area contributed by atoms with Gasteiger partial charge in [0.2, 0.25) is 5.91 Å². The highest BCUT2D eigenvalue weighted by atomic mass is 16.5. The Morgan fingerprint density at radius 2 is 1.85 bits per heavy atom. The first-order chi connectivity index (χ1) is 16.1. The smallest absolute Gasteiger partial charge is 0.266 e. The Labute approximate surface area is 191 Å². The van der Waals surface area contributed by atoms with E-state index in [4.69, 9.17) is 4.74 Å². The average Bonchev–Trinajstić information content (AvgIpc) is 3.27. The van der Waals surface area contributed by atoms with Gasteiger partial charge in [-0.2, -0.15) is 10.2 Å². The Kier molecular flexibility index (Phi) is 6.83. The first kappa shape index (κ1) is 22.3. The molecule has 0 aliphatic rings. The summed E-state index contributed by atoms with van der Waals surface area (Å²) < 4.78 is 8.44. The minimum atomic E-state index is -0.206. The van der Waals surface area contributed by atoms with Crippen LogP contribution in [0.3, 0.4) is 0 Å². The van der Waals surface area contributed by atoms with Gasteiger partial charge < -0.3 is 10.1 Å². The molecule has 0 saturated carbocycles. The molecule has 4 rings (SSSR count). The molecule has 1 N–H and O–H groups in total. The van der Waals surface area contributed by atoms with Crippen molar-refractivity contribution in [1.29, 1.82) is 0 Å². The van der Waals surface area contributed by atoms with Gasteiger partial charge in [0.15, 0.2) is 0 Å². The summed E-state index contributed by atoms with van der Waals surface area (Å²) in [4.78, 5) is 25.0. The van der Waals surface area contributed by atoms with E-state index in [1.807, 2.05) is 60.1 Å². The van der Waals surface area contributed by atoms with Gasteiger partial charge in [0.1, 0.15) is 5.75 Å². The highest BCUT2D eigenvalue weighted by Gasteiger charge is 2.14. The van der Waals surface area contributed by atoms with Crippen molar-refractivity contribution in [3.63, 3.8) is 0 Å². The molecule has 4 aromatic rings. The predicted molar refractivity (Wildman–Crippen MR) is 127 cm³/mol. The highest BCUT2D eigenvalue weighted by molar-refractivity contribution is 5.79. The summed E-state index contributed by atoms with van der Waals surface area (Å²) in [5.41, 5.74) is 2.36. The van der Waals surface area contributed by atoms with E-state index in [9.17, 15) is 9.59 Å². The van der Waals surface area contributed by atoms with Crippen LogP contribution in [0.15, 0.2) is 71.7 Å². The third-order valence-corrected chi connectivity index (χ3v) is 5.61. The molecule has 2 heterocycles. The van der Waals surface area contributed by atoms with Gasteiger partial charge in [-0.3, -0.25) is 14.3 Å². The van der Waals surface area contributed by atoms with Gasteiger partial charge in [0.25, 0.3) is 5.56 Å². The van der Waals surface area contributed by atoms with E-state index in [0.717, 1.165) is 22.2 Å². The summed E-state index contributed by atoms with van der Waals surface area (Å²) in [6.07, 6.45) is 2.78. The highest BCUT2D eigenvalue weighted by Crippen LogP contribution is 2.19. The lowest BCUT2D eigenvalue weighted by Gasteiger charge is -2.18. The largest absolute Gasteiger partial charge is 0.497 e. The molecule has 0 aliphatic heterocycles. The third kappa shape index (κ3) is 5.28. The van der Waals surface area contributed by atoms with Crippen molar-refractivity contribution in [1.82, 2.24) is 24.9 Å². The summed E-state index contributed by atoms with van der Waals surface area (Å²) in [7, 11) is 1.61. The van der Waals surface area contributed by atoms with Crippen molar-refractivity contribution >= 4 is 16.8 Å². The van der Waals surface area contributed by atoms with Gasteiger partial charge in [-0.1, -0.05) is 25.1 Å². The molecule has 0 radical (unpaired) electrons. The van der Waals surface area contributed by atoms with Gasteiger partial charge in [-0.15, -0.1) is 0 Å². The van der Waals surface area contributed by atoms with Crippen LogP contribution in [0.25, 0.3) is 22.2 Å². The standard InChI is InChI=1S/C25H27N5O3/c1-3-20(27-24(31)14-15-29-23-7-5-4-6-19(23)16-26-29)17-30-25(32)13-12-22(28-30)18-8-10-21(33-2)11-9-18/h4-13,16,20H,3,14-15,17H2,1-2H3,(H,27,31)/t20-/m1/s1. The van der Waals surface area contributed by atoms with Crippen molar-refractivity contribution in [2.24, 2.45) is 0 Å². The minimum Gasteiger partial charge on any atom is -0.497 e. The molecule has 0 fully saturated rings. The van der Waals surface area contributed by atoms with E-state index in [-0.39, 0.29) is 17.5 Å². The molecule has 8 nitrogen and oxygen atoms in total. The lowest BCUT2D eigenvalue weighted by atomic mass is 10.1. The van der Waals surface area contributed by atoms with E-state index >= 15 is 0 Å². The predicted octanol–water partition coefficient (Wildman–Crippen LogP) is 3.25. The monoisotopic (exact) mass is 445 g/mol. The average molecular weight is 446 g/mol. The van der Waals surface area contributed by atoms with Crippen LogP contribution in [0.1, 0.15) is 19.8 Å². The number of nitrogens with zero attached hydrogens (tertiary/aromatic N) is 4. The third-order valence-electron chi connectivity index (χ3n) is 5.61. The number of rotatable bonds is 9.